The molecule has 0 amide bonds. The third kappa shape index (κ3) is 2.78. The van der Waals surface area contributed by atoms with E-state index >= 15 is 0 Å². The standard InChI is InChI=1S/C15H16O4/c1-10(11-4-6-12(17-2)7-5-11)13-8-9-14(19-13)15(16)18-3/h4-10H,1-3H3. The van der Waals surface area contributed by atoms with E-state index in [-0.39, 0.29) is 11.7 Å². The minimum absolute atomic E-state index is 0.0595. The zero-order valence-corrected chi connectivity index (χ0v) is 11.2. The highest BCUT2D eigenvalue weighted by atomic mass is 16.5. The number of hydrogen-bond donors (Lipinski definition) is 0. The Morgan fingerprint density at radius 2 is 1.79 bits per heavy atom. The summed E-state index contributed by atoms with van der Waals surface area (Å²) in [6.45, 7) is 2.02. The third-order valence-electron chi connectivity index (χ3n) is 3.06. The highest BCUT2D eigenvalue weighted by Crippen LogP contribution is 2.27. The third-order valence-corrected chi connectivity index (χ3v) is 3.06. The summed E-state index contributed by atoms with van der Waals surface area (Å²) < 4.78 is 15.2. The molecule has 0 spiro atoms. The normalized spacial score (nSPS) is 11.9. The Hall–Kier alpha value is -2.23. The van der Waals surface area contributed by atoms with Crippen molar-refractivity contribution in [3.8, 4) is 5.75 Å². The van der Waals surface area contributed by atoms with Crippen molar-refractivity contribution >= 4 is 5.97 Å². The molecule has 4 nitrogen and oxygen atoms in total. The molecule has 0 saturated carbocycles. The van der Waals surface area contributed by atoms with Crippen LogP contribution in [0.1, 0.15) is 34.7 Å². The Morgan fingerprint density at radius 1 is 1.11 bits per heavy atom. The van der Waals surface area contributed by atoms with Gasteiger partial charge in [-0.3, -0.25) is 0 Å². The Bertz CT molecular complexity index is 554. The first-order valence-corrected chi connectivity index (χ1v) is 5.97. The molecule has 0 saturated heterocycles. The fourth-order valence-corrected chi connectivity index (χ4v) is 1.85. The van der Waals surface area contributed by atoms with Crippen LogP contribution in [0.4, 0.5) is 0 Å². The summed E-state index contributed by atoms with van der Waals surface area (Å²) >= 11 is 0. The predicted molar refractivity (Wildman–Crippen MR) is 70.6 cm³/mol. The van der Waals surface area contributed by atoms with Gasteiger partial charge in [0.25, 0.3) is 0 Å². The van der Waals surface area contributed by atoms with Crippen molar-refractivity contribution in [2.75, 3.05) is 14.2 Å². The number of methoxy groups -OCH3 is 2. The van der Waals surface area contributed by atoms with Crippen LogP contribution in [0.2, 0.25) is 0 Å². The summed E-state index contributed by atoms with van der Waals surface area (Å²) in [5, 5.41) is 0. The molecule has 0 N–H and O–H groups in total. The van der Waals surface area contributed by atoms with Crippen molar-refractivity contribution < 1.29 is 18.7 Å². The molecule has 0 radical (unpaired) electrons. The van der Waals surface area contributed by atoms with Gasteiger partial charge in [-0.2, -0.15) is 0 Å². The van der Waals surface area contributed by atoms with Crippen LogP contribution < -0.4 is 4.74 Å². The van der Waals surface area contributed by atoms with Crippen LogP contribution in [-0.4, -0.2) is 20.2 Å². The predicted octanol–water partition coefficient (Wildman–Crippen LogP) is 3.23. The summed E-state index contributed by atoms with van der Waals surface area (Å²) in [5.41, 5.74) is 1.09. The molecule has 2 rings (SSSR count). The van der Waals surface area contributed by atoms with Crippen molar-refractivity contribution in [3.05, 3.63) is 53.5 Å². The van der Waals surface area contributed by atoms with Gasteiger partial charge in [-0.15, -0.1) is 0 Å². The smallest absolute Gasteiger partial charge is 0.373 e. The number of benzene rings is 1. The number of rotatable bonds is 4. The molecule has 19 heavy (non-hydrogen) atoms. The zero-order valence-electron chi connectivity index (χ0n) is 11.2. The Kier molecular flexibility index (Phi) is 3.90. The number of hydrogen-bond acceptors (Lipinski definition) is 4. The zero-order chi connectivity index (χ0) is 13.8. The van der Waals surface area contributed by atoms with Crippen molar-refractivity contribution in [2.45, 2.75) is 12.8 Å². The quantitative estimate of drug-likeness (QED) is 0.792. The maximum absolute atomic E-state index is 11.3. The van der Waals surface area contributed by atoms with Gasteiger partial charge in [0.15, 0.2) is 0 Å². The summed E-state index contributed by atoms with van der Waals surface area (Å²) in [5.74, 6) is 1.35. The monoisotopic (exact) mass is 260 g/mol. The van der Waals surface area contributed by atoms with Gasteiger partial charge in [0.2, 0.25) is 5.76 Å². The van der Waals surface area contributed by atoms with E-state index in [1.54, 1.807) is 19.2 Å². The second-order valence-corrected chi connectivity index (χ2v) is 4.19. The van der Waals surface area contributed by atoms with Gasteiger partial charge in [0.1, 0.15) is 11.5 Å². The van der Waals surface area contributed by atoms with Crippen molar-refractivity contribution in [1.29, 1.82) is 0 Å². The molecule has 1 atom stereocenters. The van der Waals surface area contributed by atoms with Crippen molar-refractivity contribution in [2.24, 2.45) is 0 Å². The average Bonchev–Trinajstić information content (AvgIpc) is 2.95. The summed E-state index contributed by atoms with van der Waals surface area (Å²) in [4.78, 5) is 11.3. The van der Waals surface area contributed by atoms with Gasteiger partial charge in [-0.25, -0.2) is 4.79 Å². The minimum atomic E-state index is -0.465. The molecular weight excluding hydrogens is 244 g/mol. The Labute approximate surface area is 111 Å². The van der Waals surface area contributed by atoms with E-state index in [2.05, 4.69) is 4.74 Å². The maximum Gasteiger partial charge on any atom is 0.373 e. The fraction of sp³-hybridized carbons (Fsp3) is 0.267. The van der Waals surface area contributed by atoms with E-state index in [1.807, 2.05) is 31.2 Å². The van der Waals surface area contributed by atoms with E-state index in [9.17, 15) is 4.79 Å². The molecule has 1 aromatic heterocycles. The van der Waals surface area contributed by atoms with Gasteiger partial charge in [-0.05, 0) is 29.8 Å². The molecule has 0 fully saturated rings. The average molecular weight is 260 g/mol. The summed E-state index contributed by atoms with van der Waals surface area (Å²) in [6, 6.07) is 11.2. The van der Waals surface area contributed by atoms with Crippen LogP contribution in [0.5, 0.6) is 5.75 Å². The maximum atomic E-state index is 11.3. The molecule has 1 aromatic carbocycles. The topological polar surface area (TPSA) is 48.7 Å². The lowest BCUT2D eigenvalue weighted by Crippen LogP contribution is -1.99. The first-order chi connectivity index (χ1) is 9.15. The van der Waals surface area contributed by atoms with Crippen LogP contribution in [0, 0.1) is 0 Å². The van der Waals surface area contributed by atoms with Gasteiger partial charge in [0.05, 0.1) is 14.2 Å². The van der Waals surface area contributed by atoms with Crippen molar-refractivity contribution in [3.63, 3.8) is 0 Å². The lowest BCUT2D eigenvalue weighted by Gasteiger charge is -2.09. The number of esters is 1. The van der Waals surface area contributed by atoms with Crippen LogP contribution in [0.25, 0.3) is 0 Å². The first-order valence-electron chi connectivity index (χ1n) is 5.97. The van der Waals surface area contributed by atoms with Crippen LogP contribution in [0.3, 0.4) is 0 Å². The van der Waals surface area contributed by atoms with Crippen LogP contribution in [-0.2, 0) is 4.74 Å². The number of ether oxygens (including phenoxy) is 2. The number of furan rings is 1. The highest BCUT2D eigenvalue weighted by molar-refractivity contribution is 5.86. The molecule has 2 aromatic rings. The highest BCUT2D eigenvalue weighted by Gasteiger charge is 2.16. The van der Waals surface area contributed by atoms with Gasteiger partial charge in [-0.1, -0.05) is 19.1 Å². The molecule has 0 aliphatic rings. The molecule has 100 valence electrons. The van der Waals surface area contributed by atoms with E-state index < -0.39 is 5.97 Å². The van der Waals surface area contributed by atoms with Gasteiger partial charge in [0, 0.05) is 5.92 Å². The SMILES string of the molecule is COC(=O)c1ccc(C(C)c2ccc(OC)cc2)o1. The molecular formula is C15H16O4. The summed E-state index contributed by atoms with van der Waals surface area (Å²) in [6.07, 6.45) is 0. The summed E-state index contributed by atoms with van der Waals surface area (Å²) in [7, 11) is 2.96. The van der Waals surface area contributed by atoms with Crippen molar-refractivity contribution in [1.82, 2.24) is 0 Å². The van der Waals surface area contributed by atoms with E-state index in [0.717, 1.165) is 17.1 Å². The lowest BCUT2D eigenvalue weighted by atomic mass is 9.99. The minimum Gasteiger partial charge on any atom is -0.497 e. The Morgan fingerprint density at radius 3 is 2.37 bits per heavy atom. The number of carbonyl (C=O) groups excluding carboxylic acids is 1. The fourth-order valence-electron chi connectivity index (χ4n) is 1.85. The molecule has 0 bridgehead atoms. The molecule has 0 aliphatic heterocycles. The molecule has 0 aliphatic carbocycles. The second kappa shape index (κ2) is 5.61. The van der Waals surface area contributed by atoms with E-state index in [4.69, 9.17) is 9.15 Å². The molecule has 4 heteroatoms. The second-order valence-electron chi connectivity index (χ2n) is 4.19. The number of carbonyl (C=O) groups is 1. The van der Waals surface area contributed by atoms with Gasteiger partial charge >= 0.3 is 5.97 Å². The van der Waals surface area contributed by atoms with Gasteiger partial charge < -0.3 is 13.9 Å². The van der Waals surface area contributed by atoms with E-state index in [0.29, 0.717) is 0 Å². The Balaban J connectivity index is 2.20. The van der Waals surface area contributed by atoms with Crippen LogP contribution in [0.15, 0.2) is 40.8 Å². The first kappa shape index (κ1) is 13.2. The van der Waals surface area contributed by atoms with Crippen LogP contribution >= 0.6 is 0 Å². The molecule has 1 unspecified atom stereocenters. The molecule has 1 heterocycles. The van der Waals surface area contributed by atoms with E-state index in [1.165, 1.54) is 7.11 Å². The largest absolute Gasteiger partial charge is 0.497 e. The lowest BCUT2D eigenvalue weighted by molar-refractivity contribution is 0.0563.